The zero-order valence-corrected chi connectivity index (χ0v) is 16.5. The maximum atomic E-state index is 11.8. The minimum atomic E-state index is -0.601. The number of ether oxygens (including phenoxy) is 3. The molecule has 0 atom stereocenters. The maximum absolute atomic E-state index is 11.8. The highest BCUT2D eigenvalue weighted by atomic mass is 32.2. The van der Waals surface area contributed by atoms with Crippen LogP contribution in [-0.4, -0.2) is 43.6 Å². The average molecular weight is 403 g/mol. The molecule has 2 fully saturated rings. The molecule has 0 aromatic heterocycles. The van der Waals surface area contributed by atoms with Gasteiger partial charge in [-0.1, -0.05) is 0 Å². The Labute approximate surface area is 167 Å². The van der Waals surface area contributed by atoms with Crippen LogP contribution in [0, 0.1) is 0 Å². The second-order valence-corrected chi connectivity index (χ2v) is 7.20. The molecule has 1 heterocycles. The van der Waals surface area contributed by atoms with E-state index < -0.39 is 11.9 Å². The fourth-order valence-electron chi connectivity index (χ4n) is 2.84. The summed E-state index contributed by atoms with van der Waals surface area (Å²) in [5.74, 6) is 0.334. The molecule has 0 radical (unpaired) electrons. The van der Waals surface area contributed by atoms with Crippen LogP contribution < -0.4 is 14.8 Å². The summed E-state index contributed by atoms with van der Waals surface area (Å²) >= 11 is 1.02. The van der Waals surface area contributed by atoms with Crippen LogP contribution in [0.2, 0.25) is 0 Å². The maximum Gasteiger partial charge on any atom is 0.331 e. The number of esters is 1. The Morgan fingerprint density at radius 3 is 2.75 bits per heavy atom. The fourth-order valence-corrected chi connectivity index (χ4v) is 3.58. The Morgan fingerprint density at radius 1 is 1.25 bits per heavy atom. The predicted molar refractivity (Wildman–Crippen MR) is 107 cm³/mol. The van der Waals surface area contributed by atoms with Crippen molar-refractivity contribution in [2.45, 2.75) is 31.8 Å². The molecule has 0 unspecified atom stereocenters. The first-order valence-corrected chi connectivity index (χ1v) is 9.65. The summed E-state index contributed by atoms with van der Waals surface area (Å²) in [5.41, 5.74) is 0.790. The van der Waals surface area contributed by atoms with Crippen LogP contribution in [0.1, 0.15) is 31.2 Å². The third kappa shape index (κ3) is 5.13. The molecule has 1 saturated heterocycles. The Hall–Kier alpha value is -2.81. The number of thioether (sulfide) groups is 1. The van der Waals surface area contributed by atoms with Crippen LogP contribution in [0.5, 0.6) is 11.5 Å². The molecule has 9 heteroatoms. The summed E-state index contributed by atoms with van der Waals surface area (Å²) in [6.07, 6.45) is 7.35. The van der Waals surface area contributed by atoms with Crippen LogP contribution in [0.15, 0.2) is 39.4 Å². The van der Waals surface area contributed by atoms with Gasteiger partial charge in [0.25, 0.3) is 5.91 Å². The van der Waals surface area contributed by atoms with Crippen LogP contribution >= 0.6 is 11.8 Å². The van der Waals surface area contributed by atoms with Crippen LogP contribution in [0.4, 0.5) is 0 Å². The topological polar surface area (TPSA) is 98.6 Å². The molecule has 1 saturated carbocycles. The van der Waals surface area contributed by atoms with E-state index in [0.29, 0.717) is 11.5 Å². The molecule has 0 bridgehead atoms. The van der Waals surface area contributed by atoms with E-state index in [9.17, 15) is 9.59 Å². The third-order valence-corrected chi connectivity index (χ3v) is 5.14. The van der Waals surface area contributed by atoms with E-state index >= 15 is 0 Å². The van der Waals surface area contributed by atoms with Crippen molar-refractivity contribution in [3.05, 3.63) is 34.7 Å². The standard InChI is InChI=1S/C19H21N3O5S/c1-25-14-8-7-12(9-15(14)27-13-5-3-4-6-13)11-20-22-19-21-18(24)16(28-19)10-17(23)26-2/h7-11,13H,3-6H2,1-2H3,(H,21,22,24)/b16-10+,20-11?. The Kier molecular flexibility index (Phi) is 6.70. The summed E-state index contributed by atoms with van der Waals surface area (Å²) in [6, 6.07) is 5.51. The summed E-state index contributed by atoms with van der Waals surface area (Å²) in [7, 11) is 2.85. The molecule has 28 heavy (non-hydrogen) atoms. The summed E-state index contributed by atoms with van der Waals surface area (Å²) < 4.78 is 15.9. The number of nitrogens with one attached hydrogen (secondary N) is 1. The van der Waals surface area contributed by atoms with Gasteiger partial charge in [0.15, 0.2) is 16.7 Å². The number of hydrogen-bond acceptors (Lipinski definition) is 8. The second-order valence-electron chi connectivity index (χ2n) is 6.17. The van der Waals surface area contributed by atoms with Crippen molar-refractivity contribution in [1.29, 1.82) is 0 Å². The Balaban J connectivity index is 1.68. The number of amides is 1. The van der Waals surface area contributed by atoms with E-state index in [4.69, 9.17) is 9.47 Å². The van der Waals surface area contributed by atoms with Gasteiger partial charge in [-0.15, -0.1) is 5.10 Å². The van der Waals surface area contributed by atoms with Gasteiger partial charge in [-0.2, -0.15) is 5.10 Å². The number of hydrogen-bond donors (Lipinski definition) is 1. The number of benzene rings is 1. The number of methoxy groups -OCH3 is 2. The lowest BCUT2D eigenvalue weighted by Gasteiger charge is -2.16. The molecular weight excluding hydrogens is 382 g/mol. The molecule has 1 amide bonds. The number of amidine groups is 1. The van der Waals surface area contributed by atoms with Crippen molar-refractivity contribution in [3.63, 3.8) is 0 Å². The van der Waals surface area contributed by atoms with Gasteiger partial charge in [0, 0.05) is 6.08 Å². The number of nitrogens with zero attached hydrogens (tertiary/aromatic N) is 2. The second kappa shape index (κ2) is 9.41. The summed E-state index contributed by atoms with van der Waals surface area (Å²) in [5, 5.41) is 10.8. The normalized spacial score (nSPS) is 20.1. The first kappa shape index (κ1) is 19.9. The van der Waals surface area contributed by atoms with Crippen molar-refractivity contribution in [2.75, 3.05) is 14.2 Å². The van der Waals surface area contributed by atoms with E-state index in [-0.39, 0.29) is 16.2 Å². The van der Waals surface area contributed by atoms with Gasteiger partial charge >= 0.3 is 5.97 Å². The third-order valence-electron chi connectivity index (χ3n) is 4.24. The lowest BCUT2D eigenvalue weighted by Crippen LogP contribution is -2.19. The number of carbonyl (C=O) groups excluding carboxylic acids is 2. The van der Waals surface area contributed by atoms with Gasteiger partial charge in [-0.05, 0) is 61.2 Å². The minimum absolute atomic E-state index is 0.206. The van der Waals surface area contributed by atoms with Gasteiger partial charge in [-0.3, -0.25) is 10.1 Å². The quantitative estimate of drug-likeness (QED) is 0.339. The molecule has 2 aliphatic rings. The van der Waals surface area contributed by atoms with Crippen molar-refractivity contribution < 1.29 is 23.8 Å². The van der Waals surface area contributed by atoms with E-state index in [1.165, 1.54) is 20.0 Å². The van der Waals surface area contributed by atoms with E-state index in [1.807, 2.05) is 18.2 Å². The average Bonchev–Trinajstić information content (AvgIpc) is 3.32. The van der Waals surface area contributed by atoms with Crippen molar-refractivity contribution >= 4 is 35.0 Å². The largest absolute Gasteiger partial charge is 0.493 e. The predicted octanol–water partition coefficient (Wildman–Crippen LogP) is 2.63. The minimum Gasteiger partial charge on any atom is -0.493 e. The van der Waals surface area contributed by atoms with Gasteiger partial charge in [-0.25, -0.2) is 4.79 Å². The first-order valence-electron chi connectivity index (χ1n) is 8.83. The number of rotatable bonds is 6. The van der Waals surface area contributed by atoms with Crippen molar-refractivity contribution in [2.24, 2.45) is 10.2 Å². The lowest BCUT2D eigenvalue weighted by atomic mass is 10.2. The van der Waals surface area contributed by atoms with E-state index in [0.717, 1.165) is 36.2 Å². The van der Waals surface area contributed by atoms with Gasteiger partial charge < -0.3 is 14.2 Å². The molecule has 0 spiro atoms. The van der Waals surface area contributed by atoms with E-state index in [1.54, 1.807) is 13.3 Å². The monoisotopic (exact) mass is 403 g/mol. The van der Waals surface area contributed by atoms with Crippen LogP contribution in [0.25, 0.3) is 0 Å². The highest BCUT2D eigenvalue weighted by Crippen LogP contribution is 2.32. The molecule has 1 N–H and O–H groups in total. The van der Waals surface area contributed by atoms with Crippen LogP contribution in [-0.2, 0) is 14.3 Å². The van der Waals surface area contributed by atoms with E-state index in [2.05, 4.69) is 20.3 Å². The van der Waals surface area contributed by atoms with Crippen LogP contribution in [0.3, 0.4) is 0 Å². The molecule has 1 aliphatic heterocycles. The van der Waals surface area contributed by atoms with Gasteiger partial charge in [0.2, 0.25) is 0 Å². The smallest absolute Gasteiger partial charge is 0.331 e. The van der Waals surface area contributed by atoms with Crippen molar-refractivity contribution in [1.82, 2.24) is 5.32 Å². The van der Waals surface area contributed by atoms with Gasteiger partial charge in [0.05, 0.1) is 31.4 Å². The Morgan fingerprint density at radius 2 is 2.04 bits per heavy atom. The molecule has 148 valence electrons. The number of carbonyl (C=O) groups is 2. The first-order chi connectivity index (χ1) is 13.6. The highest BCUT2D eigenvalue weighted by Gasteiger charge is 2.25. The Bertz CT molecular complexity index is 844. The summed E-state index contributed by atoms with van der Waals surface area (Å²) in [6.45, 7) is 0. The summed E-state index contributed by atoms with van der Waals surface area (Å²) in [4.78, 5) is 23.2. The molecule has 1 aliphatic carbocycles. The fraction of sp³-hybridized carbons (Fsp3) is 0.368. The lowest BCUT2D eigenvalue weighted by molar-refractivity contribution is -0.135. The molecular formula is C19H21N3O5S. The molecule has 8 nitrogen and oxygen atoms in total. The zero-order chi connectivity index (χ0) is 19.9. The molecule has 1 aromatic carbocycles. The van der Waals surface area contributed by atoms with Gasteiger partial charge in [0.1, 0.15) is 0 Å². The highest BCUT2D eigenvalue weighted by molar-refractivity contribution is 8.18. The SMILES string of the molecule is COC(=O)/C=C1/S/C(=N\N=Cc2ccc(OC)c(OC3CCCC3)c2)NC1=O. The zero-order valence-electron chi connectivity index (χ0n) is 15.6. The van der Waals surface area contributed by atoms with Crippen molar-refractivity contribution in [3.8, 4) is 11.5 Å². The molecule has 1 aromatic rings. The molecule has 3 rings (SSSR count).